The van der Waals surface area contributed by atoms with Crippen molar-refractivity contribution >= 4 is 26.0 Å². The van der Waals surface area contributed by atoms with E-state index in [4.69, 9.17) is 0 Å². The van der Waals surface area contributed by atoms with Gasteiger partial charge in [-0.05, 0) is 38.0 Å². The number of piperidine rings is 1. The first kappa shape index (κ1) is 15.8. The summed E-state index contributed by atoms with van der Waals surface area (Å²) in [5.41, 5.74) is 0. The van der Waals surface area contributed by atoms with Crippen molar-refractivity contribution in [3.05, 3.63) is 0 Å². The van der Waals surface area contributed by atoms with E-state index in [-0.39, 0.29) is 6.04 Å². The molecule has 0 radical (unpaired) electrons. The van der Waals surface area contributed by atoms with Crippen LogP contribution >= 0.6 is 15.9 Å². The van der Waals surface area contributed by atoms with E-state index in [9.17, 15) is 8.42 Å². The normalized spacial score (nSPS) is 27.5. The van der Waals surface area contributed by atoms with Crippen molar-refractivity contribution in [2.24, 2.45) is 5.92 Å². The molecule has 0 aromatic carbocycles. The Morgan fingerprint density at radius 1 is 1.00 bits per heavy atom. The number of nitrogens with zero attached hydrogens (tertiary/aromatic N) is 1. The van der Waals surface area contributed by atoms with Crippen molar-refractivity contribution in [2.75, 3.05) is 17.6 Å². The van der Waals surface area contributed by atoms with Gasteiger partial charge >= 0.3 is 0 Å². The van der Waals surface area contributed by atoms with Crippen LogP contribution in [-0.4, -0.2) is 36.4 Å². The van der Waals surface area contributed by atoms with Gasteiger partial charge in [-0.1, -0.05) is 41.6 Å². The minimum Gasteiger partial charge on any atom is -0.212 e. The van der Waals surface area contributed by atoms with Crippen molar-refractivity contribution in [1.82, 2.24) is 4.31 Å². The van der Waals surface area contributed by atoms with Crippen molar-refractivity contribution in [3.8, 4) is 0 Å². The van der Waals surface area contributed by atoms with E-state index in [0.29, 0.717) is 11.7 Å². The predicted octanol–water partition coefficient (Wildman–Crippen LogP) is 3.54. The molecule has 1 aliphatic heterocycles. The Morgan fingerprint density at radius 2 is 1.68 bits per heavy atom. The van der Waals surface area contributed by atoms with E-state index in [1.54, 1.807) is 0 Å². The molecule has 0 aromatic heterocycles. The van der Waals surface area contributed by atoms with Crippen LogP contribution in [0.5, 0.6) is 0 Å². The van der Waals surface area contributed by atoms with E-state index in [2.05, 4.69) is 15.9 Å². The fraction of sp³-hybridized carbons (Fsp3) is 1.00. The second kappa shape index (κ2) is 7.41. The summed E-state index contributed by atoms with van der Waals surface area (Å²) in [6.07, 6.45) is 10.1. The van der Waals surface area contributed by atoms with Crippen molar-refractivity contribution < 1.29 is 8.42 Å². The molecule has 0 amide bonds. The maximum absolute atomic E-state index is 12.6. The van der Waals surface area contributed by atoms with Crippen LogP contribution in [0.3, 0.4) is 0 Å². The number of rotatable bonds is 5. The lowest BCUT2D eigenvalue weighted by Crippen LogP contribution is -2.46. The average molecular weight is 352 g/mol. The lowest BCUT2D eigenvalue weighted by atomic mass is 9.91. The van der Waals surface area contributed by atoms with Crippen LogP contribution in [0.25, 0.3) is 0 Å². The molecule has 2 fully saturated rings. The van der Waals surface area contributed by atoms with Crippen molar-refractivity contribution in [1.29, 1.82) is 0 Å². The van der Waals surface area contributed by atoms with Crippen molar-refractivity contribution in [3.63, 3.8) is 0 Å². The first-order valence-electron chi connectivity index (χ1n) is 7.69. The van der Waals surface area contributed by atoms with Crippen LogP contribution < -0.4 is 0 Å². The van der Waals surface area contributed by atoms with E-state index in [0.717, 1.165) is 44.0 Å². The lowest BCUT2D eigenvalue weighted by Gasteiger charge is -2.36. The summed E-state index contributed by atoms with van der Waals surface area (Å²) in [7, 11) is -3.04. The molecule has 112 valence electrons. The first-order valence-corrected chi connectivity index (χ1v) is 10.4. The second-order valence-electron chi connectivity index (χ2n) is 6.02. The Labute approximate surface area is 126 Å². The zero-order valence-electron chi connectivity index (χ0n) is 11.7. The fourth-order valence-electron chi connectivity index (χ4n) is 3.50. The highest BCUT2D eigenvalue weighted by molar-refractivity contribution is 9.09. The minimum absolute atomic E-state index is 0.238. The third-order valence-corrected chi connectivity index (χ3v) is 7.09. The largest absolute Gasteiger partial charge is 0.214 e. The first-order chi connectivity index (χ1) is 9.13. The Hall–Kier alpha value is 0.390. The topological polar surface area (TPSA) is 37.4 Å². The molecule has 1 aliphatic carbocycles. The maximum Gasteiger partial charge on any atom is 0.214 e. The predicted molar refractivity (Wildman–Crippen MR) is 83.1 cm³/mol. The van der Waals surface area contributed by atoms with Crippen LogP contribution in [0.15, 0.2) is 0 Å². The van der Waals surface area contributed by atoms with Gasteiger partial charge in [0.05, 0.1) is 5.75 Å². The number of sulfonamides is 1. The molecule has 1 saturated carbocycles. The summed E-state index contributed by atoms with van der Waals surface area (Å²) in [6, 6.07) is 0.238. The molecule has 1 unspecified atom stereocenters. The summed E-state index contributed by atoms with van der Waals surface area (Å²) >= 11 is 3.46. The van der Waals surface area contributed by atoms with Gasteiger partial charge in [-0.2, -0.15) is 4.31 Å². The van der Waals surface area contributed by atoms with Gasteiger partial charge in [0.25, 0.3) is 0 Å². The smallest absolute Gasteiger partial charge is 0.212 e. The molecule has 5 heteroatoms. The number of alkyl halides is 1. The van der Waals surface area contributed by atoms with Gasteiger partial charge < -0.3 is 0 Å². The van der Waals surface area contributed by atoms with Crippen LogP contribution in [0.2, 0.25) is 0 Å². The van der Waals surface area contributed by atoms with Crippen LogP contribution in [0.1, 0.15) is 57.8 Å². The van der Waals surface area contributed by atoms with Crippen LogP contribution in [0, 0.1) is 5.92 Å². The SMILES string of the molecule is O=S(=O)(CC1CCCCC1)N1CCCCC1CCBr. The average Bonchev–Trinajstić information content (AvgIpc) is 2.40. The van der Waals surface area contributed by atoms with Gasteiger partial charge in [-0.3, -0.25) is 0 Å². The Balaban J connectivity index is 1.99. The molecule has 0 spiro atoms. The maximum atomic E-state index is 12.6. The molecule has 19 heavy (non-hydrogen) atoms. The number of hydrogen-bond donors (Lipinski definition) is 0. The summed E-state index contributed by atoms with van der Waals surface area (Å²) in [5, 5.41) is 0.896. The molecule has 0 N–H and O–H groups in total. The van der Waals surface area contributed by atoms with Gasteiger partial charge in [0.1, 0.15) is 0 Å². The summed E-state index contributed by atoms with van der Waals surface area (Å²) in [4.78, 5) is 0. The molecule has 0 bridgehead atoms. The monoisotopic (exact) mass is 351 g/mol. The molecule has 3 nitrogen and oxygen atoms in total. The minimum atomic E-state index is -3.04. The molecular weight excluding hydrogens is 326 g/mol. The molecule has 1 heterocycles. The standard InChI is InChI=1S/C14H26BrNO2S/c15-10-9-14-8-4-5-11-16(14)19(17,18)12-13-6-2-1-3-7-13/h13-14H,1-12H2. The van der Waals surface area contributed by atoms with E-state index >= 15 is 0 Å². The number of hydrogen-bond acceptors (Lipinski definition) is 2. The molecule has 2 aliphatic rings. The highest BCUT2D eigenvalue weighted by atomic mass is 79.9. The van der Waals surface area contributed by atoms with E-state index < -0.39 is 10.0 Å². The quantitative estimate of drug-likeness (QED) is 0.710. The van der Waals surface area contributed by atoms with Crippen LogP contribution in [-0.2, 0) is 10.0 Å². The summed E-state index contributed by atoms with van der Waals surface area (Å²) < 4.78 is 27.1. The fourth-order valence-corrected chi connectivity index (χ4v) is 6.22. The Morgan fingerprint density at radius 3 is 2.37 bits per heavy atom. The highest BCUT2D eigenvalue weighted by Gasteiger charge is 2.33. The van der Waals surface area contributed by atoms with Gasteiger partial charge in [-0.25, -0.2) is 8.42 Å². The van der Waals surface area contributed by atoms with Gasteiger partial charge in [0, 0.05) is 17.9 Å². The molecule has 1 saturated heterocycles. The van der Waals surface area contributed by atoms with Crippen LogP contribution in [0.4, 0.5) is 0 Å². The van der Waals surface area contributed by atoms with Gasteiger partial charge in [-0.15, -0.1) is 0 Å². The number of halogens is 1. The molecule has 2 rings (SSSR count). The van der Waals surface area contributed by atoms with E-state index in [1.165, 1.54) is 25.7 Å². The third-order valence-electron chi connectivity index (χ3n) is 4.54. The van der Waals surface area contributed by atoms with Gasteiger partial charge in [0.2, 0.25) is 10.0 Å². The zero-order chi connectivity index (χ0) is 13.7. The second-order valence-corrected chi connectivity index (χ2v) is 8.78. The summed E-state index contributed by atoms with van der Waals surface area (Å²) in [5.74, 6) is 0.802. The third kappa shape index (κ3) is 4.43. The Bertz CT molecular complexity index is 364. The lowest BCUT2D eigenvalue weighted by molar-refractivity contribution is 0.245. The molecule has 1 atom stereocenters. The molecular formula is C14H26BrNO2S. The Kier molecular flexibility index (Phi) is 6.15. The van der Waals surface area contributed by atoms with E-state index in [1.807, 2.05) is 4.31 Å². The highest BCUT2D eigenvalue weighted by Crippen LogP contribution is 2.29. The van der Waals surface area contributed by atoms with Crippen molar-refractivity contribution in [2.45, 2.75) is 63.8 Å². The zero-order valence-corrected chi connectivity index (χ0v) is 14.1. The summed E-state index contributed by atoms with van der Waals surface area (Å²) in [6.45, 7) is 0.743. The van der Waals surface area contributed by atoms with Gasteiger partial charge in [0.15, 0.2) is 0 Å². The molecule has 0 aromatic rings.